The maximum Gasteiger partial charge on any atom is 0.133 e. The first-order chi connectivity index (χ1) is 6.95. The number of hydrogen-bond acceptors (Lipinski definition) is 1. The third-order valence-corrected chi connectivity index (χ3v) is 2.87. The molecule has 1 nitrogen and oxygen atoms in total. The molecule has 0 aliphatic heterocycles. The summed E-state index contributed by atoms with van der Waals surface area (Å²) in [5.74, 6) is 0.334. The molecule has 0 N–H and O–H groups in total. The third kappa shape index (κ3) is 3.19. The summed E-state index contributed by atoms with van der Waals surface area (Å²) in [6.07, 6.45) is 1.27. The zero-order valence-corrected chi connectivity index (χ0v) is 10.1. The maximum atomic E-state index is 11.5. The maximum absolute atomic E-state index is 11.5. The van der Waals surface area contributed by atoms with Crippen LogP contribution in [-0.4, -0.2) is 5.78 Å². The van der Waals surface area contributed by atoms with Crippen molar-refractivity contribution in [2.24, 2.45) is 0 Å². The second-order valence-corrected chi connectivity index (χ2v) is 4.82. The van der Waals surface area contributed by atoms with Crippen LogP contribution in [0, 0.1) is 6.92 Å². The van der Waals surface area contributed by atoms with Gasteiger partial charge in [0.05, 0.1) is 0 Å². The van der Waals surface area contributed by atoms with E-state index in [2.05, 4.69) is 45.0 Å². The average molecular weight is 204 g/mol. The standard InChI is InChI=1S/C14H20O/c1-5-13(15)10-14(3,4)12-8-6-11(2)7-9-12/h6-9H,5,10H2,1-4H3. The van der Waals surface area contributed by atoms with E-state index in [9.17, 15) is 4.79 Å². The van der Waals surface area contributed by atoms with E-state index in [0.29, 0.717) is 18.6 Å². The summed E-state index contributed by atoms with van der Waals surface area (Å²) in [5.41, 5.74) is 2.46. The van der Waals surface area contributed by atoms with Crippen molar-refractivity contribution in [3.8, 4) is 0 Å². The van der Waals surface area contributed by atoms with Crippen LogP contribution in [0.4, 0.5) is 0 Å². The zero-order chi connectivity index (χ0) is 11.5. The quantitative estimate of drug-likeness (QED) is 0.731. The largest absolute Gasteiger partial charge is 0.300 e. The van der Waals surface area contributed by atoms with Gasteiger partial charge in [-0.05, 0) is 17.9 Å². The van der Waals surface area contributed by atoms with Gasteiger partial charge in [0.2, 0.25) is 0 Å². The predicted octanol–water partition coefficient (Wildman–Crippen LogP) is 3.64. The molecule has 0 aliphatic rings. The number of ketones is 1. The highest BCUT2D eigenvalue weighted by atomic mass is 16.1. The molecule has 0 fully saturated rings. The number of hydrogen-bond donors (Lipinski definition) is 0. The van der Waals surface area contributed by atoms with E-state index in [1.807, 2.05) is 6.92 Å². The SMILES string of the molecule is CCC(=O)CC(C)(C)c1ccc(C)cc1. The van der Waals surface area contributed by atoms with E-state index >= 15 is 0 Å². The van der Waals surface area contributed by atoms with Gasteiger partial charge in [0.1, 0.15) is 5.78 Å². The smallest absolute Gasteiger partial charge is 0.133 e. The molecule has 0 bridgehead atoms. The van der Waals surface area contributed by atoms with Gasteiger partial charge in [-0.1, -0.05) is 50.6 Å². The molecule has 0 saturated heterocycles. The van der Waals surface area contributed by atoms with E-state index in [-0.39, 0.29) is 5.41 Å². The fraction of sp³-hybridized carbons (Fsp3) is 0.500. The Bertz CT molecular complexity index is 333. The zero-order valence-electron chi connectivity index (χ0n) is 10.1. The Morgan fingerprint density at radius 3 is 2.20 bits per heavy atom. The molecule has 1 rings (SSSR count). The summed E-state index contributed by atoms with van der Waals surface area (Å²) < 4.78 is 0. The summed E-state index contributed by atoms with van der Waals surface area (Å²) in [6, 6.07) is 8.46. The molecular weight excluding hydrogens is 184 g/mol. The number of carbonyl (C=O) groups is 1. The molecule has 0 saturated carbocycles. The molecule has 0 radical (unpaired) electrons. The van der Waals surface area contributed by atoms with Crippen molar-refractivity contribution in [3.05, 3.63) is 35.4 Å². The van der Waals surface area contributed by atoms with E-state index in [1.165, 1.54) is 11.1 Å². The molecule has 0 aliphatic carbocycles. The Kier molecular flexibility index (Phi) is 3.67. The lowest BCUT2D eigenvalue weighted by Crippen LogP contribution is -2.21. The van der Waals surface area contributed by atoms with Crippen molar-refractivity contribution < 1.29 is 4.79 Å². The van der Waals surface area contributed by atoms with Gasteiger partial charge in [0.15, 0.2) is 0 Å². The van der Waals surface area contributed by atoms with E-state index in [1.54, 1.807) is 0 Å². The van der Waals surface area contributed by atoms with Crippen molar-refractivity contribution in [2.45, 2.75) is 46.0 Å². The van der Waals surface area contributed by atoms with E-state index in [4.69, 9.17) is 0 Å². The van der Waals surface area contributed by atoms with Crippen LogP contribution in [0.3, 0.4) is 0 Å². The molecule has 82 valence electrons. The van der Waals surface area contributed by atoms with Crippen molar-refractivity contribution in [3.63, 3.8) is 0 Å². The molecular formula is C14H20O. The molecule has 0 heterocycles. The fourth-order valence-corrected chi connectivity index (χ4v) is 1.72. The minimum Gasteiger partial charge on any atom is -0.300 e. The van der Waals surface area contributed by atoms with Crippen LogP contribution in [0.5, 0.6) is 0 Å². The summed E-state index contributed by atoms with van der Waals surface area (Å²) in [7, 11) is 0. The van der Waals surface area contributed by atoms with Gasteiger partial charge in [-0.3, -0.25) is 4.79 Å². The van der Waals surface area contributed by atoms with Crippen molar-refractivity contribution in [1.29, 1.82) is 0 Å². The van der Waals surface area contributed by atoms with Crippen LogP contribution in [-0.2, 0) is 10.2 Å². The third-order valence-electron chi connectivity index (χ3n) is 2.87. The molecule has 1 aromatic rings. The van der Waals surface area contributed by atoms with Crippen LogP contribution in [0.2, 0.25) is 0 Å². The first-order valence-electron chi connectivity index (χ1n) is 5.54. The topological polar surface area (TPSA) is 17.1 Å². The molecule has 0 aromatic heterocycles. The number of Topliss-reactive ketones (excluding diaryl/α,β-unsaturated/α-hetero) is 1. The molecule has 0 spiro atoms. The van der Waals surface area contributed by atoms with Gasteiger partial charge in [-0.25, -0.2) is 0 Å². The summed E-state index contributed by atoms with van der Waals surface area (Å²) >= 11 is 0. The molecule has 0 unspecified atom stereocenters. The summed E-state index contributed by atoms with van der Waals surface area (Å²) in [5, 5.41) is 0. The van der Waals surface area contributed by atoms with Gasteiger partial charge in [-0.2, -0.15) is 0 Å². The summed E-state index contributed by atoms with van der Waals surface area (Å²) in [6.45, 7) is 8.26. The average Bonchev–Trinajstić information content (AvgIpc) is 2.17. The van der Waals surface area contributed by atoms with Gasteiger partial charge in [-0.15, -0.1) is 0 Å². The Balaban J connectivity index is 2.85. The molecule has 1 heteroatoms. The van der Waals surface area contributed by atoms with Crippen molar-refractivity contribution in [1.82, 2.24) is 0 Å². The van der Waals surface area contributed by atoms with Crippen LogP contribution in [0.15, 0.2) is 24.3 Å². The van der Waals surface area contributed by atoms with Gasteiger partial charge in [0.25, 0.3) is 0 Å². The van der Waals surface area contributed by atoms with Gasteiger partial charge >= 0.3 is 0 Å². The van der Waals surface area contributed by atoms with Crippen LogP contribution >= 0.6 is 0 Å². The highest BCUT2D eigenvalue weighted by Crippen LogP contribution is 2.27. The van der Waals surface area contributed by atoms with E-state index < -0.39 is 0 Å². The number of benzene rings is 1. The molecule has 0 amide bonds. The Labute approximate surface area is 92.5 Å². The molecule has 1 aromatic carbocycles. The number of aryl methyl sites for hydroxylation is 1. The Morgan fingerprint density at radius 2 is 1.73 bits per heavy atom. The minimum atomic E-state index is -0.0409. The highest BCUT2D eigenvalue weighted by molar-refractivity contribution is 5.79. The second-order valence-electron chi connectivity index (χ2n) is 4.82. The van der Waals surface area contributed by atoms with Gasteiger partial charge in [0, 0.05) is 12.8 Å². The normalized spacial score (nSPS) is 11.5. The fourth-order valence-electron chi connectivity index (χ4n) is 1.72. The lowest BCUT2D eigenvalue weighted by atomic mass is 9.79. The second kappa shape index (κ2) is 4.61. The Morgan fingerprint density at radius 1 is 1.20 bits per heavy atom. The monoisotopic (exact) mass is 204 g/mol. The molecule has 15 heavy (non-hydrogen) atoms. The van der Waals surface area contributed by atoms with Crippen LogP contribution < -0.4 is 0 Å². The first kappa shape index (κ1) is 12.0. The van der Waals surface area contributed by atoms with Crippen molar-refractivity contribution >= 4 is 5.78 Å². The van der Waals surface area contributed by atoms with E-state index in [0.717, 1.165) is 0 Å². The number of rotatable bonds is 4. The lowest BCUT2D eigenvalue weighted by molar-refractivity contribution is -0.119. The first-order valence-corrected chi connectivity index (χ1v) is 5.54. The lowest BCUT2D eigenvalue weighted by Gasteiger charge is -2.24. The predicted molar refractivity (Wildman–Crippen MR) is 64.1 cm³/mol. The summed E-state index contributed by atoms with van der Waals surface area (Å²) in [4.78, 5) is 11.5. The van der Waals surface area contributed by atoms with Gasteiger partial charge < -0.3 is 0 Å². The molecule has 0 atom stereocenters. The highest BCUT2D eigenvalue weighted by Gasteiger charge is 2.22. The van der Waals surface area contributed by atoms with Crippen molar-refractivity contribution in [2.75, 3.05) is 0 Å². The minimum absolute atomic E-state index is 0.0409. The Hall–Kier alpha value is -1.11. The number of carbonyl (C=O) groups excluding carboxylic acids is 1. The van der Waals surface area contributed by atoms with Crippen LogP contribution in [0.25, 0.3) is 0 Å². The van der Waals surface area contributed by atoms with Crippen LogP contribution in [0.1, 0.15) is 44.7 Å².